The van der Waals surface area contributed by atoms with Crippen molar-refractivity contribution in [2.24, 2.45) is 5.92 Å². The Morgan fingerprint density at radius 3 is 2.00 bits per heavy atom. The first-order valence-electron chi connectivity index (χ1n) is 5.07. The van der Waals surface area contributed by atoms with Crippen LogP contribution in [0.3, 0.4) is 0 Å². The third-order valence-electron chi connectivity index (χ3n) is 2.38. The highest BCUT2D eigenvalue weighted by Crippen LogP contribution is 2.10. The van der Waals surface area contributed by atoms with Gasteiger partial charge in [0.05, 0.1) is 5.92 Å². The Morgan fingerprint density at radius 2 is 1.71 bits per heavy atom. The van der Waals surface area contributed by atoms with Gasteiger partial charge in [-0.2, -0.15) is 0 Å². The monoisotopic (exact) mass is 201 g/mol. The molecule has 0 heterocycles. The van der Waals surface area contributed by atoms with E-state index in [2.05, 4.69) is 0 Å². The van der Waals surface area contributed by atoms with E-state index in [1.807, 2.05) is 13.8 Å². The normalized spacial score (nSPS) is 12.2. The number of aliphatic carboxylic acids is 1. The Hall–Kier alpha value is -1.06. The van der Waals surface area contributed by atoms with Crippen LogP contribution < -0.4 is 0 Å². The molecule has 0 aliphatic heterocycles. The van der Waals surface area contributed by atoms with Crippen LogP contribution in [0.4, 0.5) is 0 Å². The number of hydrogen-bond acceptors (Lipinski definition) is 2. The molecule has 4 nitrogen and oxygen atoms in total. The Labute approximate surface area is 84.9 Å². The van der Waals surface area contributed by atoms with Gasteiger partial charge in [-0.1, -0.05) is 6.92 Å². The predicted molar refractivity (Wildman–Crippen MR) is 54.0 cm³/mol. The highest BCUT2D eigenvalue weighted by molar-refractivity contribution is 5.82. The number of hydrogen-bond donors (Lipinski definition) is 1. The lowest BCUT2D eigenvalue weighted by Crippen LogP contribution is -2.33. The van der Waals surface area contributed by atoms with E-state index >= 15 is 0 Å². The molecular weight excluding hydrogens is 182 g/mol. The fourth-order valence-electron chi connectivity index (χ4n) is 1.32. The van der Waals surface area contributed by atoms with Gasteiger partial charge >= 0.3 is 5.97 Å². The van der Waals surface area contributed by atoms with Gasteiger partial charge in [0.1, 0.15) is 0 Å². The van der Waals surface area contributed by atoms with Gasteiger partial charge in [0, 0.05) is 19.5 Å². The van der Waals surface area contributed by atoms with Crippen molar-refractivity contribution in [3.8, 4) is 0 Å². The largest absolute Gasteiger partial charge is 0.481 e. The van der Waals surface area contributed by atoms with Crippen LogP contribution in [0.5, 0.6) is 0 Å². The summed E-state index contributed by atoms with van der Waals surface area (Å²) in [6.07, 6.45) is 0.621. The maximum Gasteiger partial charge on any atom is 0.307 e. The van der Waals surface area contributed by atoms with Crippen molar-refractivity contribution in [2.45, 2.75) is 33.6 Å². The standard InChI is InChI=1S/C10H19NO3/c1-4-8(10(13)14)7-9(12)11(5-2)6-3/h8H,4-7H2,1-3H3,(H,13,14). The van der Waals surface area contributed by atoms with Gasteiger partial charge < -0.3 is 10.0 Å². The zero-order valence-corrected chi connectivity index (χ0v) is 9.12. The zero-order valence-electron chi connectivity index (χ0n) is 9.12. The number of carboxylic acids is 1. The first-order chi connectivity index (χ1) is 6.56. The molecule has 0 saturated heterocycles. The van der Waals surface area contributed by atoms with Crippen molar-refractivity contribution in [3.63, 3.8) is 0 Å². The minimum atomic E-state index is -0.881. The lowest BCUT2D eigenvalue weighted by molar-refractivity contribution is -0.146. The molecule has 0 rings (SSSR count). The van der Waals surface area contributed by atoms with Crippen molar-refractivity contribution in [1.29, 1.82) is 0 Å². The third kappa shape index (κ3) is 3.77. The van der Waals surface area contributed by atoms with E-state index in [0.29, 0.717) is 19.5 Å². The summed E-state index contributed by atoms with van der Waals surface area (Å²) in [5.74, 6) is -1.49. The van der Waals surface area contributed by atoms with Gasteiger partial charge in [-0.3, -0.25) is 9.59 Å². The van der Waals surface area contributed by atoms with Crippen LogP contribution in [-0.2, 0) is 9.59 Å². The lowest BCUT2D eigenvalue weighted by Gasteiger charge is -2.20. The second-order valence-corrected chi connectivity index (χ2v) is 3.21. The van der Waals surface area contributed by atoms with Crippen LogP contribution in [0.15, 0.2) is 0 Å². The van der Waals surface area contributed by atoms with Crippen LogP contribution in [-0.4, -0.2) is 35.0 Å². The summed E-state index contributed by atoms with van der Waals surface area (Å²) >= 11 is 0. The molecule has 0 aromatic carbocycles. The topological polar surface area (TPSA) is 57.6 Å². The summed E-state index contributed by atoms with van der Waals surface area (Å²) in [6, 6.07) is 0. The average Bonchev–Trinajstić information content (AvgIpc) is 2.15. The molecule has 1 N–H and O–H groups in total. The number of nitrogens with zero attached hydrogens (tertiary/aromatic N) is 1. The molecule has 82 valence electrons. The summed E-state index contributed by atoms with van der Waals surface area (Å²) in [5, 5.41) is 8.78. The van der Waals surface area contributed by atoms with E-state index in [1.54, 1.807) is 11.8 Å². The molecule has 0 saturated carbocycles. The number of rotatable bonds is 6. The van der Waals surface area contributed by atoms with E-state index in [0.717, 1.165) is 0 Å². The first kappa shape index (κ1) is 12.9. The minimum absolute atomic E-state index is 0.0655. The summed E-state index contributed by atoms with van der Waals surface area (Å²) < 4.78 is 0. The summed E-state index contributed by atoms with van der Waals surface area (Å²) in [4.78, 5) is 23.9. The van der Waals surface area contributed by atoms with Gasteiger partial charge in [-0.05, 0) is 20.3 Å². The van der Waals surface area contributed by atoms with Gasteiger partial charge in [-0.25, -0.2) is 0 Å². The van der Waals surface area contributed by atoms with Crippen LogP contribution >= 0.6 is 0 Å². The van der Waals surface area contributed by atoms with Gasteiger partial charge in [0.2, 0.25) is 5.91 Å². The summed E-state index contributed by atoms with van der Waals surface area (Å²) in [6.45, 7) is 6.86. The molecule has 0 spiro atoms. The Balaban J connectivity index is 4.20. The van der Waals surface area contributed by atoms with Crippen molar-refractivity contribution < 1.29 is 14.7 Å². The van der Waals surface area contributed by atoms with Crippen molar-refractivity contribution in [3.05, 3.63) is 0 Å². The molecule has 1 unspecified atom stereocenters. The van der Waals surface area contributed by atoms with Crippen LogP contribution in [0, 0.1) is 5.92 Å². The molecular formula is C10H19NO3. The second kappa shape index (κ2) is 6.40. The molecule has 0 aliphatic carbocycles. The molecule has 1 amide bonds. The first-order valence-corrected chi connectivity index (χ1v) is 5.07. The van der Waals surface area contributed by atoms with E-state index in [4.69, 9.17) is 5.11 Å². The highest BCUT2D eigenvalue weighted by atomic mass is 16.4. The SMILES string of the molecule is CCC(CC(=O)N(CC)CC)C(=O)O. The van der Waals surface area contributed by atoms with Gasteiger partial charge in [0.15, 0.2) is 0 Å². The van der Waals surface area contributed by atoms with E-state index in [9.17, 15) is 9.59 Å². The lowest BCUT2D eigenvalue weighted by atomic mass is 10.0. The molecule has 0 fully saturated rings. The molecule has 1 atom stereocenters. The molecule has 0 aromatic rings. The van der Waals surface area contributed by atoms with Gasteiger partial charge in [-0.15, -0.1) is 0 Å². The Bertz CT molecular complexity index is 200. The molecule has 14 heavy (non-hydrogen) atoms. The van der Waals surface area contributed by atoms with Crippen LogP contribution in [0.25, 0.3) is 0 Å². The van der Waals surface area contributed by atoms with E-state index < -0.39 is 11.9 Å². The summed E-state index contributed by atoms with van der Waals surface area (Å²) in [5.41, 5.74) is 0. The van der Waals surface area contributed by atoms with Crippen molar-refractivity contribution in [2.75, 3.05) is 13.1 Å². The average molecular weight is 201 g/mol. The number of carbonyl (C=O) groups excluding carboxylic acids is 1. The molecule has 0 aromatic heterocycles. The molecule has 0 radical (unpaired) electrons. The molecule has 0 aliphatic rings. The maximum absolute atomic E-state index is 11.5. The smallest absolute Gasteiger partial charge is 0.307 e. The number of amides is 1. The minimum Gasteiger partial charge on any atom is -0.481 e. The predicted octanol–water partition coefficient (Wildman–Crippen LogP) is 1.36. The van der Waals surface area contributed by atoms with Crippen LogP contribution in [0.2, 0.25) is 0 Å². The second-order valence-electron chi connectivity index (χ2n) is 3.21. The zero-order chi connectivity index (χ0) is 11.1. The fraction of sp³-hybridized carbons (Fsp3) is 0.800. The van der Waals surface area contributed by atoms with Crippen molar-refractivity contribution >= 4 is 11.9 Å². The van der Waals surface area contributed by atoms with E-state index in [1.165, 1.54) is 0 Å². The number of carboxylic acid groups (broad SMARTS) is 1. The van der Waals surface area contributed by atoms with Gasteiger partial charge in [0.25, 0.3) is 0 Å². The Kier molecular flexibility index (Phi) is 5.92. The fourth-order valence-corrected chi connectivity index (χ4v) is 1.32. The molecule has 0 bridgehead atoms. The highest BCUT2D eigenvalue weighted by Gasteiger charge is 2.21. The maximum atomic E-state index is 11.5. The van der Waals surface area contributed by atoms with Crippen molar-refractivity contribution in [1.82, 2.24) is 4.90 Å². The summed E-state index contributed by atoms with van der Waals surface area (Å²) in [7, 11) is 0. The number of carbonyl (C=O) groups is 2. The van der Waals surface area contributed by atoms with E-state index in [-0.39, 0.29) is 12.3 Å². The van der Waals surface area contributed by atoms with Crippen LogP contribution in [0.1, 0.15) is 33.6 Å². The quantitative estimate of drug-likeness (QED) is 0.705. The third-order valence-corrected chi connectivity index (χ3v) is 2.38. The molecule has 4 heteroatoms. The Morgan fingerprint density at radius 1 is 1.21 bits per heavy atom.